The lowest BCUT2D eigenvalue weighted by Gasteiger charge is -2.12. The Labute approximate surface area is 115 Å². The molecule has 0 atom stereocenters. The van der Waals surface area contributed by atoms with Crippen molar-refractivity contribution in [3.63, 3.8) is 0 Å². The van der Waals surface area contributed by atoms with Crippen molar-refractivity contribution in [3.05, 3.63) is 29.3 Å². The van der Waals surface area contributed by atoms with Gasteiger partial charge >= 0.3 is 0 Å². The van der Waals surface area contributed by atoms with Crippen LogP contribution in [-0.4, -0.2) is 31.8 Å². The molecule has 0 N–H and O–H groups in total. The third-order valence-electron chi connectivity index (χ3n) is 2.79. The van der Waals surface area contributed by atoms with Crippen molar-refractivity contribution >= 4 is 11.8 Å². The number of hydrogen-bond donors (Lipinski definition) is 0. The van der Waals surface area contributed by atoms with Crippen LogP contribution in [0, 0.1) is 6.92 Å². The Bertz CT molecular complexity index is 350. The third kappa shape index (κ3) is 5.32. The summed E-state index contributed by atoms with van der Waals surface area (Å²) in [4.78, 5) is 0. The van der Waals surface area contributed by atoms with Gasteiger partial charge in [-0.05, 0) is 36.1 Å². The minimum absolute atomic E-state index is 0.573. The summed E-state index contributed by atoms with van der Waals surface area (Å²) in [5.41, 5.74) is 2.71. The molecule has 0 bridgehead atoms. The zero-order valence-electron chi connectivity index (χ0n) is 11.9. The van der Waals surface area contributed by atoms with Crippen LogP contribution >= 0.6 is 11.8 Å². The normalized spacial score (nSPS) is 10.9. The van der Waals surface area contributed by atoms with Gasteiger partial charge in [0.15, 0.2) is 0 Å². The molecule has 0 aliphatic carbocycles. The molecular formula is C15H24O2S. The second-order valence-electron chi connectivity index (χ2n) is 4.63. The van der Waals surface area contributed by atoms with Gasteiger partial charge in [0.25, 0.3) is 0 Å². The van der Waals surface area contributed by atoms with Gasteiger partial charge < -0.3 is 9.47 Å². The standard InChI is InChI=1S/C15H24O2S/c1-12(2)15-6-5-14(11-13(15)3)17-8-10-18-9-7-16-4/h5-6,11-12H,7-10H2,1-4H3. The highest BCUT2D eigenvalue weighted by atomic mass is 32.2. The zero-order chi connectivity index (χ0) is 13.4. The lowest BCUT2D eigenvalue weighted by atomic mass is 9.98. The number of rotatable bonds is 8. The molecule has 1 rings (SSSR count). The van der Waals surface area contributed by atoms with Crippen LogP contribution in [-0.2, 0) is 4.74 Å². The van der Waals surface area contributed by atoms with E-state index in [1.54, 1.807) is 7.11 Å². The largest absolute Gasteiger partial charge is 0.493 e. The highest BCUT2D eigenvalue weighted by molar-refractivity contribution is 7.99. The topological polar surface area (TPSA) is 18.5 Å². The van der Waals surface area contributed by atoms with Gasteiger partial charge in [-0.25, -0.2) is 0 Å². The lowest BCUT2D eigenvalue weighted by Crippen LogP contribution is -2.03. The predicted molar refractivity (Wildman–Crippen MR) is 80.0 cm³/mol. The molecule has 1 aromatic carbocycles. The van der Waals surface area contributed by atoms with E-state index in [-0.39, 0.29) is 0 Å². The summed E-state index contributed by atoms with van der Waals surface area (Å²) in [6, 6.07) is 6.38. The van der Waals surface area contributed by atoms with Crippen molar-refractivity contribution in [2.75, 3.05) is 31.8 Å². The molecule has 18 heavy (non-hydrogen) atoms. The van der Waals surface area contributed by atoms with E-state index in [1.165, 1.54) is 11.1 Å². The van der Waals surface area contributed by atoms with E-state index in [0.29, 0.717) is 5.92 Å². The van der Waals surface area contributed by atoms with E-state index in [4.69, 9.17) is 9.47 Å². The molecule has 0 unspecified atom stereocenters. The Morgan fingerprint density at radius 2 is 1.89 bits per heavy atom. The Kier molecular flexibility index (Phi) is 7.21. The molecule has 0 heterocycles. The lowest BCUT2D eigenvalue weighted by molar-refractivity contribution is 0.218. The summed E-state index contributed by atoms with van der Waals surface area (Å²) in [5.74, 6) is 3.59. The quantitative estimate of drug-likeness (QED) is 0.667. The van der Waals surface area contributed by atoms with Crippen LogP contribution in [0.2, 0.25) is 0 Å². The summed E-state index contributed by atoms with van der Waals surface area (Å²) in [7, 11) is 1.73. The smallest absolute Gasteiger partial charge is 0.119 e. The van der Waals surface area contributed by atoms with Gasteiger partial charge in [-0.1, -0.05) is 19.9 Å². The van der Waals surface area contributed by atoms with Gasteiger partial charge in [0.2, 0.25) is 0 Å². The van der Waals surface area contributed by atoms with E-state index in [9.17, 15) is 0 Å². The summed E-state index contributed by atoms with van der Waals surface area (Å²) in [6.45, 7) is 8.15. The molecule has 0 aliphatic rings. The average Bonchev–Trinajstić information content (AvgIpc) is 2.33. The van der Waals surface area contributed by atoms with Crippen molar-refractivity contribution in [1.82, 2.24) is 0 Å². The molecule has 0 aromatic heterocycles. The van der Waals surface area contributed by atoms with Crippen molar-refractivity contribution in [2.45, 2.75) is 26.7 Å². The van der Waals surface area contributed by atoms with Gasteiger partial charge in [-0.2, -0.15) is 11.8 Å². The average molecular weight is 268 g/mol. The van der Waals surface area contributed by atoms with Crippen molar-refractivity contribution in [3.8, 4) is 5.75 Å². The highest BCUT2D eigenvalue weighted by Crippen LogP contribution is 2.23. The number of hydrogen-bond acceptors (Lipinski definition) is 3. The number of aryl methyl sites for hydroxylation is 1. The Morgan fingerprint density at radius 3 is 2.50 bits per heavy atom. The first-order chi connectivity index (χ1) is 8.65. The number of benzene rings is 1. The van der Waals surface area contributed by atoms with E-state index >= 15 is 0 Å². The van der Waals surface area contributed by atoms with Gasteiger partial charge in [-0.15, -0.1) is 0 Å². The minimum Gasteiger partial charge on any atom is -0.493 e. The predicted octanol–water partition coefficient (Wildman–Crippen LogP) is 3.88. The first-order valence-corrected chi connectivity index (χ1v) is 7.60. The maximum absolute atomic E-state index is 5.74. The first kappa shape index (κ1) is 15.4. The molecule has 0 amide bonds. The summed E-state index contributed by atoms with van der Waals surface area (Å²) < 4.78 is 10.7. The first-order valence-electron chi connectivity index (χ1n) is 6.45. The SMILES string of the molecule is COCCSCCOc1ccc(C(C)C)c(C)c1. The zero-order valence-corrected chi connectivity index (χ0v) is 12.7. The van der Waals surface area contributed by atoms with Crippen LogP contribution in [0.4, 0.5) is 0 Å². The monoisotopic (exact) mass is 268 g/mol. The van der Waals surface area contributed by atoms with Crippen LogP contribution in [0.15, 0.2) is 18.2 Å². The molecule has 3 heteroatoms. The fourth-order valence-electron chi connectivity index (χ4n) is 1.85. The van der Waals surface area contributed by atoms with Gasteiger partial charge in [0.05, 0.1) is 13.2 Å². The van der Waals surface area contributed by atoms with E-state index in [2.05, 4.69) is 39.0 Å². The van der Waals surface area contributed by atoms with E-state index in [0.717, 1.165) is 30.5 Å². The van der Waals surface area contributed by atoms with Gasteiger partial charge in [0.1, 0.15) is 5.75 Å². The second kappa shape index (κ2) is 8.44. The van der Waals surface area contributed by atoms with Crippen LogP contribution in [0.3, 0.4) is 0 Å². The van der Waals surface area contributed by atoms with Crippen LogP contribution in [0.1, 0.15) is 30.9 Å². The maximum Gasteiger partial charge on any atom is 0.119 e. The molecule has 0 saturated heterocycles. The van der Waals surface area contributed by atoms with Crippen LogP contribution < -0.4 is 4.74 Å². The second-order valence-corrected chi connectivity index (χ2v) is 5.85. The fraction of sp³-hybridized carbons (Fsp3) is 0.600. The van der Waals surface area contributed by atoms with E-state index in [1.807, 2.05) is 11.8 Å². The highest BCUT2D eigenvalue weighted by Gasteiger charge is 2.04. The van der Waals surface area contributed by atoms with E-state index < -0.39 is 0 Å². The van der Waals surface area contributed by atoms with Gasteiger partial charge in [-0.3, -0.25) is 0 Å². The van der Waals surface area contributed by atoms with Crippen molar-refractivity contribution in [1.29, 1.82) is 0 Å². The van der Waals surface area contributed by atoms with Crippen LogP contribution in [0.5, 0.6) is 5.75 Å². The Balaban J connectivity index is 2.33. The summed E-state index contributed by atoms with van der Waals surface area (Å²) >= 11 is 1.86. The van der Waals surface area contributed by atoms with Crippen molar-refractivity contribution in [2.24, 2.45) is 0 Å². The van der Waals surface area contributed by atoms with Crippen molar-refractivity contribution < 1.29 is 9.47 Å². The number of thioether (sulfide) groups is 1. The Hall–Kier alpha value is -0.670. The summed E-state index contributed by atoms with van der Waals surface area (Å²) in [6.07, 6.45) is 0. The molecule has 2 nitrogen and oxygen atoms in total. The minimum atomic E-state index is 0.573. The maximum atomic E-state index is 5.74. The van der Waals surface area contributed by atoms with Crippen LogP contribution in [0.25, 0.3) is 0 Å². The summed E-state index contributed by atoms with van der Waals surface area (Å²) in [5, 5.41) is 0. The molecule has 0 aliphatic heterocycles. The third-order valence-corrected chi connectivity index (χ3v) is 3.70. The molecule has 1 aromatic rings. The molecular weight excluding hydrogens is 244 g/mol. The molecule has 0 fully saturated rings. The molecule has 0 spiro atoms. The molecule has 0 radical (unpaired) electrons. The number of ether oxygens (including phenoxy) is 2. The molecule has 102 valence electrons. The number of methoxy groups -OCH3 is 1. The molecule has 0 saturated carbocycles. The van der Waals surface area contributed by atoms with Gasteiger partial charge in [0, 0.05) is 18.6 Å². The fourth-order valence-corrected chi connectivity index (χ4v) is 2.54. The Morgan fingerprint density at radius 1 is 1.17 bits per heavy atom.